The van der Waals surface area contributed by atoms with E-state index in [4.69, 9.17) is 0 Å². The highest BCUT2D eigenvalue weighted by Gasteiger charge is 2.23. The van der Waals surface area contributed by atoms with Crippen molar-refractivity contribution in [2.75, 3.05) is 18.0 Å². The standard InChI is InChI=1S/C16H20N4OS2/c1-12(23-16-19-17-11-22-16)15(21)18-13-7-9-20(10-8-13)14-5-3-2-4-6-14/h2-6,11-13H,7-10H2,1H3,(H,18,21). The van der Waals surface area contributed by atoms with E-state index in [-0.39, 0.29) is 17.2 Å². The van der Waals surface area contributed by atoms with E-state index in [0.717, 1.165) is 30.3 Å². The second-order valence-corrected chi connectivity index (χ2v) is 7.99. The molecule has 1 atom stereocenters. The number of aromatic nitrogens is 2. The fourth-order valence-electron chi connectivity index (χ4n) is 2.66. The number of carbonyl (C=O) groups excluding carboxylic acids is 1. The molecule has 3 rings (SSSR count). The maximum Gasteiger partial charge on any atom is 0.233 e. The van der Waals surface area contributed by atoms with Gasteiger partial charge < -0.3 is 10.2 Å². The molecule has 1 amide bonds. The van der Waals surface area contributed by atoms with E-state index < -0.39 is 0 Å². The number of hydrogen-bond donors (Lipinski definition) is 1. The minimum atomic E-state index is -0.143. The smallest absolute Gasteiger partial charge is 0.233 e. The topological polar surface area (TPSA) is 58.1 Å². The number of nitrogens with zero attached hydrogens (tertiary/aromatic N) is 3. The lowest BCUT2D eigenvalue weighted by Crippen LogP contribution is -2.46. The van der Waals surface area contributed by atoms with Crippen molar-refractivity contribution in [3.63, 3.8) is 0 Å². The van der Waals surface area contributed by atoms with Crippen LogP contribution in [0.15, 0.2) is 40.2 Å². The molecule has 0 radical (unpaired) electrons. The predicted octanol–water partition coefficient (Wildman–Crippen LogP) is 2.80. The van der Waals surface area contributed by atoms with Crippen molar-refractivity contribution in [2.45, 2.75) is 35.4 Å². The third kappa shape index (κ3) is 4.45. The molecule has 0 saturated carbocycles. The Morgan fingerprint density at radius 3 is 2.74 bits per heavy atom. The second-order valence-electron chi connectivity index (χ2n) is 5.57. The van der Waals surface area contributed by atoms with Crippen LogP contribution in [-0.2, 0) is 4.79 Å². The van der Waals surface area contributed by atoms with E-state index in [1.807, 2.05) is 13.0 Å². The number of anilines is 1. The van der Waals surface area contributed by atoms with Gasteiger partial charge in [-0.15, -0.1) is 10.2 Å². The summed E-state index contributed by atoms with van der Waals surface area (Å²) in [6.07, 6.45) is 1.97. The Morgan fingerprint density at radius 2 is 2.09 bits per heavy atom. The zero-order valence-corrected chi connectivity index (χ0v) is 14.6. The summed E-state index contributed by atoms with van der Waals surface area (Å²) in [5, 5.41) is 10.8. The molecule has 1 saturated heterocycles. The van der Waals surface area contributed by atoms with Gasteiger partial charge in [0.2, 0.25) is 5.91 Å². The molecular formula is C16H20N4OS2. The van der Waals surface area contributed by atoms with Crippen molar-refractivity contribution in [1.82, 2.24) is 15.5 Å². The Bertz CT molecular complexity index is 612. The zero-order chi connectivity index (χ0) is 16.1. The molecule has 2 heterocycles. The molecule has 122 valence electrons. The van der Waals surface area contributed by atoms with Crippen LogP contribution >= 0.6 is 23.1 Å². The number of hydrogen-bond acceptors (Lipinski definition) is 6. The molecule has 1 N–H and O–H groups in total. The van der Waals surface area contributed by atoms with E-state index >= 15 is 0 Å². The summed E-state index contributed by atoms with van der Waals surface area (Å²) in [6, 6.07) is 10.7. The van der Waals surface area contributed by atoms with Crippen molar-refractivity contribution >= 4 is 34.7 Å². The number of thioether (sulfide) groups is 1. The van der Waals surface area contributed by atoms with Gasteiger partial charge in [0.15, 0.2) is 4.34 Å². The fraction of sp³-hybridized carbons (Fsp3) is 0.438. The number of nitrogens with one attached hydrogen (secondary N) is 1. The summed E-state index contributed by atoms with van der Waals surface area (Å²) in [5.41, 5.74) is 2.95. The van der Waals surface area contributed by atoms with Gasteiger partial charge in [-0.25, -0.2) is 0 Å². The number of amides is 1. The summed E-state index contributed by atoms with van der Waals surface area (Å²) in [5.74, 6) is 0.0864. The van der Waals surface area contributed by atoms with E-state index in [9.17, 15) is 4.79 Å². The maximum absolute atomic E-state index is 12.3. The maximum atomic E-state index is 12.3. The SMILES string of the molecule is CC(Sc1nncs1)C(=O)NC1CCN(c2ccccc2)CC1. The van der Waals surface area contributed by atoms with E-state index in [0.29, 0.717) is 0 Å². The van der Waals surface area contributed by atoms with Crippen molar-refractivity contribution in [3.05, 3.63) is 35.8 Å². The van der Waals surface area contributed by atoms with Gasteiger partial charge in [-0.2, -0.15) is 0 Å². The molecular weight excluding hydrogens is 328 g/mol. The number of piperidine rings is 1. The first kappa shape index (κ1) is 16.3. The van der Waals surface area contributed by atoms with Gasteiger partial charge in [0.05, 0.1) is 5.25 Å². The van der Waals surface area contributed by atoms with Crippen LogP contribution < -0.4 is 10.2 Å². The average molecular weight is 348 g/mol. The monoisotopic (exact) mass is 348 g/mol. The molecule has 1 aromatic heterocycles. The number of para-hydroxylation sites is 1. The summed E-state index contributed by atoms with van der Waals surface area (Å²) in [6.45, 7) is 3.88. The van der Waals surface area contributed by atoms with Crippen LogP contribution in [0.5, 0.6) is 0 Å². The highest BCUT2D eigenvalue weighted by Crippen LogP contribution is 2.25. The Labute approximate surface area is 144 Å². The summed E-state index contributed by atoms with van der Waals surface area (Å²) >= 11 is 2.93. The first-order valence-electron chi connectivity index (χ1n) is 7.75. The molecule has 23 heavy (non-hydrogen) atoms. The zero-order valence-electron chi connectivity index (χ0n) is 13.0. The number of benzene rings is 1. The van der Waals surface area contributed by atoms with Crippen molar-refractivity contribution in [2.24, 2.45) is 0 Å². The Kier molecular flexibility index (Phi) is 5.51. The summed E-state index contributed by atoms with van der Waals surface area (Å²) in [7, 11) is 0. The predicted molar refractivity (Wildman–Crippen MR) is 95.0 cm³/mol. The Morgan fingerprint density at radius 1 is 1.35 bits per heavy atom. The summed E-state index contributed by atoms with van der Waals surface area (Å²) < 4.78 is 0.839. The molecule has 1 aromatic carbocycles. The van der Waals surface area contributed by atoms with E-state index in [2.05, 4.69) is 44.7 Å². The van der Waals surface area contributed by atoms with Gasteiger partial charge >= 0.3 is 0 Å². The van der Waals surface area contributed by atoms with E-state index in [1.54, 1.807) is 5.51 Å². The molecule has 1 aliphatic heterocycles. The van der Waals surface area contributed by atoms with Crippen LogP contribution in [0.4, 0.5) is 5.69 Å². The van der Waals surface area contributed by atoms with E-state index in [1.165, 1.54) is 28.8 Å². The van der Waals surface area contributed by atoms with Crippen LogP contribution in [0.25, 0.3) is 0 Å². The lowest BCUT2D eigenvalue weighted by Gasteiger charge is -2.34. The van der Waals surface area contributed by atoms with Gasteiger partial charge in [0.25, 0.3) is 0 Å². The molecule has 0 aliphatic carbocycles. The molecule has 2 aromatic rings. The highest BCUT2D eigenvalue weighted by molar-refractivity contribution is 8.02. The third-order valence-corrected chi connectivity index (χ3v) is 5.86. The van der Waals surface area contributed by atoms with Gasteiger partial charge in [0, 0.05) is 24.8 Å². The average Bonchev–Trinajstić information content (AvgIpc) is 3.09. The first-order valence-corrected chi connectivity index (χ1v) is 9.51. The van der Waals surface area contributed by atoms with Gasteiger partial charge in [-0.1, -0.05) is 41.3 Å². The van der Waals surface area contributed by atoms with Crippen molar-refractivity contribution in [1.29, 1.82) is 0 Å². The molecule has 1 fully saturated rings. The van der Waals surface area contributed by atoms with Gasteiger partial charge in [-0.3, -0.25) is 4.79 Å². The van der Waals surface area contributed by atoms with Crippen LogP contribution in [-0.4, -0.2) is 40.5 Å². The van der Waals surface area contributed by atoms with Crippen LogP contribution in [0.3, 0.4) is 0 Å². The molecule has 1 aliphatic rings. The van der Waals surface area contributed by atoms with Crippen molar-refractivity contribution < 1.29 is 4.79 Å². The van der Waals surface area contributed by atoms with Crippen molar-refractivity contribution in [3.8, 4) is 0 Å². The lowest BCUT2D eigenvalue weighted by atomic mass is 10.0. The van der Waals surface area contributed by atoms with Gasteiger partial charge in [0.1, 0.15) is 5.51 Å². The molecule has 5 nitrogen and oxygen atoms in total. The summed E-state index contributed by atoms with van der Waals surface area (Å²) in [4.78, 5) is 14.7. The molecule has 0 spiro atoms. The van der Waals surface area contributed by atoms with Crippen LogP contribution in [0, 0.1) is 0 Å². The largest absolute Gasteiger partial charge is 0.371 e. The molecule has 0 bridgehead atoms. The minimum absolute atomic E-state index is 0.0864. The lowest BCUT2D eigenvalue weighted by molar-refractivity contribution is -0.121. The van der Waals surface area contributed by atoms with Crippen LogP contribution in [0.2, 0.25) is 0 Å². The molecule has 1 unspecified atom stereocenters. The number of rotatable bonds is 5. The quantitative estimate of drug-likeness (QED) is 0.842. The Balaban J connectivity index is 1.46. The molecule has 7 heteroatoms. The first-order chi connectivity index (χ1) is 11.2. The normalized spacial score (nSPS) is 17.0. The van der Waals surface area contributed by atoms with Gasteiger partial charge in [-0.05, 0) is 31.9 Å². The minimum Gasteiger partial charge on any atom is -0.371 e. The highest BCUT2D eigenvalue weighted by atomic mass is 32.2. The third-order valence-electron chi connectivity index (χ3n) is 3.95. The number of carbonyl (C=O) groups is 1. The second kappa shape index (κ2) is 7.79. The Hall–Kier alpha value is -1.60. The van der Waals surface area contributed by atoms with Crippen LogP contribution in [0.1, 0.15) is 19.8 Å². The fourth-order valence-corrected chi connectivity index (χ4v) is 4.29.